The molecule has 1 fully saturated rings. The molecule has 25 heavy (non-hydrogen) atoms. The summed E-state index contributed by atoms with van der Waals surface area (Å²) in [5, 5.41) is 0. The van der Waals surface area contributed by atoms with Gasteiger partial charge in [0.1, 0.15) is 11.4 Å². The summed E-state index contributed by atoms with van der Waals surface area (Å²) in [5.74, 6) is 0.823. The Labute approximate surface area is 149 Å². The van der Waals surface area contributed by atoms with E-state index < -0.39 is 5.60 Å². The number of carbonyl (C=O) groups is 2. The molecule has 1 heterocycles. The van der Waals surface area contributed by atoms with Gasteiger partial charge in [-0.3, -0.25) is 4.79 Å². The van der Waals surface area contributed by atoms with E-state index in [9.17, 15) is 9.59 Å². The minimum atomic E-state index is -0.542. The Bertz CT molecular complexity index is 583. The summed E-state index contributed by atoms with van der Waals surface area (Å²) in [6, 6.07) is 9.45. The zero-order valence-electron chi connectivity index (χ0n) is 15.5. The van der Waals surface area contributed by atoms with Gasteiger partial charge < -0.3 is 19.3 Å². The van der Waals surface area contributed by atoms with Gasteiger partial charge in [0.05, 0.1) is 12.6 Å². The summed E-state index contributed by atoms with van der Waals surface area (Å²) in [4.78, 5) is 27.7. The first-order chi connectivity index (χ1) is 11.8. The van der Waals surface area contributed by atoms with Crippen LogP contribution in [0, 0.1) is 0 Å². The molecule has 138 valence electrons. The number of benzene rings is 1. The quantitative estimate of drug-likeness (QED) is 0.839. The highest BCUT2D eigenvalue weighted by Gasteiger charge is 2.34. The van der Waals surface area contributed by atoms with Gasteiger partial charge in [-0.1, -0.05) is 18.2 Å². The molecule has 0 radical (unpaired) electrons. The van der Waals surface area contributed by atoms with Crippen LogP contribution in [0.15, 0.2) is 30.3 Å². The highest BCUT2D eigenvalue weighted by atomic mass is 16.6. The molecule has 0 spiro atoms. The fourth-order valence-electron chi connectivity index (χ4n) is 2.78. The third-order valence-electron chi connectivity index (χ3n) is 4.02. The van der Waals surface area contributed by atoms with Gasteiger partial charge in [0.15, 0.2) is 0 Å². The normalized spacial score (nSPS) is 18.0. The van der Waals surface area contributed by atoms with Crippen molar-refractivity contribution in [3.8, 4) is 5.75 Å². The third kappa shape index (κ3) is 5.96. The predicted molar refractivity (Wildman–Crippen MR) is 95.5 cm³/mol. The van der Waals surface area contributed by atoms with Crippen molar-refractivity contribution in [2.45, 2.75) is 45.8 Å². The standard InChI is InChI=1S/C19H28N2O4/c1-15(22)20-11-12-21(18(23)25-19(2,3)4)16(14-20)10-13-24-17-8-6-5-7-9-17/h5-9,16H,10-14H2,1-4H3. The number of rotatable bonds is 4. The molecule has 1 saturated heterocycles. The Kier molecular flexibility index (Phi) is 6.28. The number of para-hydroxylation sites is 1. The van der Waals surface area contributed by atoms with Gasteiger partial charge >= 0.3 is 6.09 Å². The van der Waals surface area contributed by atoms with Gasteiger partial charge in [-0.25, -0.2) is 4.79 Å². The molecule has 6 heteroatoms. The van der Waals surface area contributed by atoms with Crippen LogP contribution in [0.25, 0.3) is 0 Å². The lowest BCUT2D eigenvalue weighted by Crippen LogP contribution is -2.57. The molecular formula is C19H28N2O4. The average molecular weight is 348 g/mol. The number of piperazine rings is 1. The lowest BCUT2D eigenvalue weighted by Gasteiger charge is -2.41. The van der Waals surface area contributed by atoms with E-state index in [2.05, 4.69) is 0 Å². The van der Waals surface area contributed by atoms with Crippen molar-refractivity contribution in [1.29, 1.82) is 0 Å². The summed E-state index contributed by atoms with van der Waals surface area (Å²) in [5.41, 5.74) is -0.542. The van der Waals surface area contributed by atoms with Crippen LogP contribution >= 0.6 is 0 Å². The van der Waals surface area contributed by atoms with Gasteiger partial charge in [-0.15, -0.1) is 0 Å². The number of nitrogens with zero attached hydrogens (tertiary/aromatic N) is 2. The Morgan fingerprint density at radius 3 is 2.44 bits per heavy atom. The maximum atomic E-state index is 12.5. The number of carbonyl (C=O) groups excluding carboxylic acids is 2. The molecule has 2 amide bonds. The second-order valence-corrected chi connectivity index (χ2v) is 7.24. The molecule has 0 aliphatic carbocycles. The fourth-order valence-corrected chi connectivity index (χ4v) is 2.78. The topological polar surface area (TPSA) is 59.1 Å². The third-order valence-corrected chi connectivity index (χ3v) is 4.02. The lowest BCUT2D eigenvalue weighted by atomic mass is 10.1. The maximum Gasteiger partial charge on any atom is 0.410 e. The molecule has 0 bridgehead atoms. The number of ether oxygens (including phenoxy) is 2. The monoisotopic (exact) mass is 348 g/mol. The summed E-state index contributed by atoms with van der Waals surface area (Å²) in [6.45, 7) is 9.10. The van der Waals surface area contributed by atoms with Crippen molar-refractivity contribution < 1.29 is 19.1 Å². The van der Waals surface area contributed by atoms with Crippen LogP contribution in [0.2, 0.25) is 0 Å². The molecule has 1 aromatic rings. The van der Waals surface area contributed by atoms with E-state index in [1.54, 1.807) is 16.7 Å². The lowest BCUT2D eigenvalue weighted by molar-refractivity contribution is -0.132. The second kappa shape index (κ2) is 8.23. The second-order valence-electron chi connectivity index (χ2n) is 7.24. The fraction of sp³-hybridized carbons (Fsp3) is 0.579. The highest BCUT2D eigenvalue weighted by Crippen LogP contribution is 2.19. The van der Waals surface area contributed by atoms with E-state index in [0.29, 0.717) is 32.7 Å². The van der Waals surface area contributed by atoms with Gasteiger partial charge in [0.25, 0.3) is 0 Å². The minimum absolute atomic E-state index is 0.0258. The van der Waals surface area contributed by atoms with E-state index in [1.165, 1.54) is 0 Å². The summed E-state index contributed by atoms with van der Waals surface area (Å²) >= 11 is 0. The molecule has 1 aromatic carbocycles. The van der Waals surface area contributed by atoms with Gasteiger partial charge in [0, 0.05) is 33.0 Å². The molecule has 0 aromatic heterocycles. The largest absolute Gasteiger partial charge is 0.494 e. The van der Waals surface area contributed by atoms with Crippen LogP contribution in [0.5, 0.6) is 5.75 Å². The van der Waals surface area contributed by atoms with Crippen LogP contribution in [0.1, 0.15) is 34.1 Å². The van der Waals surface area contributed by atoms with Gasteiger partial charge in [-0.2, -0.15) is 0 Å². The summed E-state index contributed by atoms with van der Waals surface area (Å²) in [6.07, 6.45) is 0.304. The van der Waals surface area contributed by atoms with E-state index in [-0.39, 0.29) is 18.0 Å². The predicted octanol–water partition coefficient (Wildman–Crippen LogP) is 2.92. The zero-order chi connectivity index (χ0) is 18.4. The Balaban J connectivity index is 1.98. The molecule has 1 aliphatic rings. The number of amides is 2. The first-order valence-electron chi connectivity index (χ1n) is 8.69. The molecule has 0 saturated carbocycles. The van der Waals surface area contributed by atoms with Crippen molar-refractivity contribution in [2.75, 3.05) is 26.2 Å². The minimum Gasteiger partial charge on any atom is -0.494 e. The van der Waals surface area contributed by atoms with E-state index in [4.69, 9.17) is 9.47 Å². The molecule has 1 aliphatic heterocycles. The first-order valence-corrected chi connectivity index (χ1v) is 8.69. The van der Waals surface area contributed by atoms with E-state index in [0.717, 1.165) is 5.75 Å². The molecule has 0 N–H and O–H groups in total. The van der Waals surface area contributed by atoms with Crippen molar-refractivity contribution >= 4 is 12.0 Å². The van der Waals surface area contributed by atoms with Crippen LogP contribution in [0.4, 0.5) is 4.79 Å². The van der Waals surface area contributed by atoms with Crippen LogP contribution in [0.3, 0.4) is 0 Å². The summed E-state index contributed by atoms with van der Waals surface area (Å²) in [7, 11) is 0. The maximum absolute atomic E-state index is 12.5. The van der Waals surface area contributed by atoms with Crippen LogP contribution in [-0.2, 0) is 9.53 Å². The average Bonchev–Trinajstić information content (AvgIpc) is 2.54. The van der Waals surface area contributed by atoms with E-state index in [1.807, 2.05) is 51.1 Å². The van der Waals surface area contributed by atoms with Gasteiger partial charge in [-0.05, 0) is 32.9 Å². The first kappa shape index (κ1) is 19.1. The Morgan fingerprint density at radius 2 is 1.84 bits per heavy atom. The van der Waals surface area contributed by atoms with Crippen molar-refractivity contribution in [2.24, 2.45) is 0 Å². The Morgan fingerprint density at radius 1 is 1.16 bits per heavy atom. The molecular weight excluding hydrogens is 320 g/mol. The number of hydrogen-bond donors (Lipinski definition) is 0. The SMILES string of the molecule is CC(=O)N1CCN(C(=O)OC(C)(C)C)C(CCOc2ccccc2)C1. The van der Waals surface area contributed by atoms with Crippen molar-refractivity contribution in [3.63, 3.8) is 0 Å². The van der Waals surface area contributed by atoms with Crippen LogP contribution < -0.4 is 4.74 Å². The molecule has 2 rings (SSSR count). The zero-order valence-corrected chi connectivity index (χ0v) is 15.5. The Hall–Kier alpha value is -2.24. The van der Waals surface area contributed by atoms with Crippen LogP contribution in [-0.4, -0.2) is 59.7 Å². The smallest absolute Gasteiger partial charge is 0.410 e. The van der Waals surface area contributed by atoms with Crippen molar-refractivity contribution in [1.82, 2.24) is 9.80 Å². The van der Waals surface area contributed by atoms with Gasteiger partial charge in [0.2, 0.25) is 5.91 Å². The molecule has 1 atom stereocenters. The van der Waals surface area contributed by atoms with Crippen molar-refractivity contribution in [3.05, 3.63) is 30.3 Å². The summed E-state index contributed by atoms with van der Waals surface area (Å²) < 4.78 is 11.3. The van der Waals surface area contributed by atoms with E-state index >= 15 is 0 Å². The molecule has 1 unspecified atom stereocenters. The molecule has 6 nitrogen and oxygen atoms in total. The number of hydrogen-bond acceptors (Lipinski definition) is 4. The highest BCUT2D eigenvalue weighted by molar-refractivity contribution is 5.74.